The summed E-state index contributed by atoms with van der Waals surface area (Å²) in [5, 5.41) is 9.58. The summed E-state index contributed by atoms with van der Waals surface area (Å²) in [5.74, 6) is -0.197. The summed E-state index contributed by atoms with van der Waals surface area (Å²) in [6.45, 7) is 5.38. The molecule has 0 aromatic rings. The van der Waals surface area contributed by atoms with E-state index < -0.39 is 6.10 Å². The molecule has 0 aromatic carbocycles. The van der Waals surface area contributed by atoms with Gasteiger partial charge in [-0.1, -0.05) is 206 Å². The Balaban J connectivity index is 3.34. The lowest BCUT2D eigenvalue weighted by Crippen LogP contribution is -2.27. The zero-order valence-electron chi connectivity index (χ0n) is 32.8. The second-order valence-corrected chi connectivity index (χ2v) is 14.8. The topological polar surface area (TPSA) is 55.8 Å². The number of allylic oxidation sites excluding steroid dienone is 2. The first-order valence-corrected chi connectivity index (χ1v) is 21.8. The van der Waals surface area contributed by atoms with Crippen LogP contribution < -0.4 is 0 Å². The number of carbonyl (C=O) groups excluding carboxylic acids is 1. The molecule has 0 fully saturated rings. The van der Waals surface area contributed by atoms with Gasteiger partial charge in [-0.15, -0.1) is 0 Å². The van der Waals surface area contributed by atoms with Crippen molar-refractivity contribution in [2.75, 3.05) is 19.8 Å². The Morgan fingerprint density at radius 2 is 0.812 bits per heavy atom. The predicted molar refractivity (Wildman–Crippen MR) is 210 cm³/mol. The van der Waals surface area contributed by atoms with Gasteiger partial charge in [0.15, 0.2) is 0 Å². The predicted octanol–water partition coefficient (Wildman–Crippen LogP) is 14.2. The average molecular weight is 679 g/mol. The van der Waals surface area contributed by atoms with Crippen molar-refractivity contribution in [3.8, 4) is 0 Å². The van der Waals surface area contributed by atoms with Gasteiger partial charge >= 0.3 is 5.97 Å². The Bertz CT molecular complexity index is 633. The molecule has 286 valence electrons. The summed E-state index contributed by atoms with van der Waals surface area (Å²) in [7, 11) is 0. The zero-order valence-corrected chi connectivity index (χ0v) is 32.8. The summed E-state index contributed by atoms with van der Waals surface area (Å²) in [6, 6.07) is 0. The summed E-state index contributed by atoms with van der Waals surface area (Å²) in [4.78, 5) is 12.2. The molecule has 0 rings (SSSR count). The number of aliphatic hydroxyl groups is 1. The van der Waals surface area contributed by atoms with Crippen molar-refractivity contribution in [2.24, 2.45) is 0 Å². The normalized spacial score (nSPS) is 12.3. The van der Waals surface area contributed by atoms with Crippen molar-refractivity contribution in [1.82, 2.24) is 0 Å². The van der Waals surface area contributed by atoms with Gasteiger partial charge in [0.1, 0.15) is 6.10 Å². The molecule has 0 heterocycles. The van der Waals surface area contributed by atoms with Crippen LogP contribution in [0.1, 0.15) is 239 Å². The van der Waals surface area contributed by atoms with E-state index in [1.807, 2.05) is 0 Å². The number of esters is 1. The number of aliphatic hydroxyl groups excluding tert-OH is 1. The number of ether oxygens (including phenoxy) is 2. The lowest BCUT2D eigenvalue weighted by Gasteiger charge is -2.16. The Kier molecular flexibility index (Phi) is 41.5. The fraction of sp³-hybridized carbons (Fsp3) is 0.932. The van der Waals surface area contributed by atoms with E-state index in [9.17, 15) is 9.90 Å². The highest BCUT2D eigenvalue weighted by molar-refractivity contribution is 5.69. The van der Waals surface area contributed by atoms with Crippen LogP contribution in [-0.4, -0.2) is 37.0 Å². The van der Waals surface area contributed by atoms with Crippen LogP contribution in [0.3, 0.4) is 0 Å². The summed E-state index contributed by atoms with van der Waals surface area (Å²) < 4.78 is 11.2. The van der Waals surface area contributed by atoms with E-state index in [0.29, 0.717) is 19.6 Å². The van der Waals surface area contributed by atoms with Gasteiger partial charge in [0.2, 0.25) is 0 Å². The van der Waals surface area contributed by atoms with Crippen LogP contribution in [0.5, 0.6) is 0 Å². The lowest BCUT2D eigenvalue weighted by atomic mass is 10.0. The van der Waals surface area contributed by atoms with E-state index in [-0.39, 0.29) is 12.6 Å². The van der Waals surface area contributed by atoms with Crippen molar-refractivity contribution in [3.05, 3.63) is 12.2 Å². The maximum atomic E-state index is 12.2. The first kappa shape index (κ1) is 47.1. The van der Waals surface area contributed by atoms with E-state index in [1.54, 1.807) is 0 Å². The fourth-order valence-electron chi connectivity index (χ4n) is 6.56. The van der Waals surface area contributed by atoms with Crippen LogP contribution >= 0.6 is 0 Å². The Morgan fingerprint density at radius 1 is 0.479 bits per heavy atom. The maximum absolute atomic E-state index is 12.2. The first-order valence-electron chi connectivity index (χ1n) is 21.8. The zero-order chi connectivity index (χ0) is 34.9. The van der Waals surface area contributed by atoms with Gasteiger partial charge in [-0.25, -0.2) is 0 Å². The number of unbranched alkanes of at least 4 members (excludes halogenated alkanes) is 31. The molecule has 0 amide bonds. The number of hydrogen-bond donors (Lipinski definition) is 1. The molecule has 4 nitrogen and oxygen atoms in total. The van der Waals surface area contributed by atoms with E-state index in [2.05, 4.69) is 26.0 Å². The third kappa shape index (κ3) is 39.6. The molecule has 0 aliphatic heterocycles. The van der Waals surface area contributed by atoms with Gasteiger partial charge in [0, 0.05) is 13.0 Å². The van der Waals surface area contributed by atoms with Crippen LogP contribution in [0.15, 0.2) is 12.2 Å². The number of rotatable bonds is 41. The molecule has 0 saturated carbocycles. The van der Waals surface area contributed by atoms with E-state index >= 15 is 0 Å². The highest BCUT2D eigenvalue weighted by atomic mass is 16.6. The molecule has 4 heteroatoms. The quantitative estimate of drug-likeness (QED) is 0.0397. The van der Waals surface area contributed by atoms with Gasteiger partial charge in [-0.05, 0) is 38.5 Å². The van der Waals surface area contributed by atoms with Crippen LogP contribution in [0.4, 0.5) is 0 Å². The van der Waals surface area contributed by atoms with Crippen LogP contribution in [0.2, 0.25) is 0 Å². The third-order valence-corrected chi connectivity index (χ3v) is 9.84. The van der Waals surface area contributed by atoms with Crippen molar-refractivity contribution in [3.63, 3.8) is 0 Å². The molecule has 0 radical (unpaired) electrons. The van der Waals surface area contributed by atoms with Crippen LogP contribution in [0.25, 0.3) is 0 Å². The molecular weight excluding hydrogens is 592 g/mol. The minimum atomic E-state index is -0.527. The van der Waals surface area contributed by atoms with Gasteiger partial charge in [0.25, 0.3) is 0 Å². The van der Waals surface area contributed by atoms with Crippen LogP contribution in [0, 0.1) is 0 Å². The van der Waals surface area contributed by atoms with E-state index in [4.69, 9.17) is 9.47 Å². The summed E-state index contributed by atoms with van der Waals surface area (Å²) in [5.41, 5.74) is 0. The van der Waals surface area contributed by atoms with E-state index in [0.717, 1.165) is 19.3 Å². The van der Waals surface area contributed by atoms with E-state index in [1.165, 1.54) is 199 Å². The molecular formula is C44H86O4. The fourth-order valence-corrected chi connectivity index (χ4v) is 6.56. The van der Waals surface area contributed by atoms with Crippen LogP contribution in [-0.2, 0) is 14.3 Å². The molecule has 0 aromatic heterocycles. The first-order chi connectivity index (χ1) is 23.7. The molecule has 0 bridgehead atoms. The molecule has 48 heavy (non-hydrogen) atoms. The van der Waals surface area contributed by atoms with Crippen molar-refractivity contribution < 1.29 is 19.4 Å². The van der Waals surface area contributed by atoms with Gasteiger partial charge in [0.05, 0.1) is 13.2 Å². The molecule has 0 aliphatic carbocycles. The molecule has 0 saturated heterocycles. The SMILES string of the molecule is CCCCCCCCCC/C=C\CCCCCCCCCCCCCCOCC(CO)OC(=O)CCCCCCCCCCCCCC. The smallest absolute Gasteiger partial charge is 0.306 e. The summed E-state index contributed by atoms with van der Waals surface area (Å²) >= 11 is 0. The van der Waals surface area contributed by atoms with Crippen molar-refractivity contribution >= 4 is 5.97 Å². The second-order valence-electron chi connectivity index (χ2n) is 14.8. The Morgan fingerprint density at radius 3 is 1.19 bits per heavy atom. The monoisotopic (exact) mass is 679 g/mol. The highest BCUT2D eigenvalue weighted by Gasteiger charge is 2.13. The minimum absolute atomic E-state index is 0.166. The average Bonchev–Trinajstić information content (AvgIpc) is 3.09. The maximum Gasteiger partial charge on any atom is 0.306 e. The molecule has 1 N–H and O–H groups in total. The minimum Gasteiger partial charge on any atom is -0.457 e. The van der Waals surface area contributed by atoms with Gasteiger partial charge in [-0.2, -0.15) is 0 Å². The Hall–Kier alpha value is -0.870. The molecule has 1 atom stereocenters. The van der Waals surface area contributed by atoms with Crippen molar-refractivity contribution in [1.29, 1.82) is 0 Å². The number of hydrogen-bond acceptors (Lipinski definition) is 4. The molecule has 0 aliphatic rings. The van der Waals surface area contributed by atoms with Gasteiger partial charge < -0.3 is 14.6 Å². The lowest BCUT2D eigenvalue weighted by molar-refractivity contribution is -0.154. The number of carbonyl (C=O) groups is 1. The third-order valence-electron chi connectivity index (χ3n) is 9.84. The molecule has 0 spiro atoms. The summed E-state index contributed by atoms with van der Waals surface area (Å²) in [6.07, 6.45) is 49.9. The highest BCUT2D eigenvalue weighted by Crippen LogP contribution is 2.15. The van der Waals surface area contributed by atoms with Crippen molar-refractivity contribution in [2.45, 2.75) is 245 Å². The standard InChI is InChI=1S/C44H86O4/c1-3-5-7-9-11-13-15-17-18-19-20-21-22-23-24-25-26-27-28-30-32-34-36-38-40-47-42-43(41-45)48-44(46)39-37-35-33-31-29-16-14-12-10-8-6-4-2/h19-20,43,45H,3-18,21-42H2,1-2H3/b20-19-. The van der Waals surface area contributed by atoms with Gasteiger partial charge in [-0.3, -0.25) is 4.79 Å². The Labute approximate surface area is 301 Å². The molecule has 1 unspecified atom stereocenters. The largest absolute Gasteiger partial charge is 0.457 e. The second kappa shape index (κ2) is 42.3.